The van der Waals surface area contributed by atoms with E-state index in [1.807, 2.05) is 73.1 Å². The van der Waals surface area contributed by atoms with Crippen molar-refractivity contribution in [2.45, 2.75) is 32.1 Å². The Kier molecular flexibility index (Phi) is 7.83. The molecule has 0 aliphatic heterocycles. The van der Waals surface area contributed by atoms with Gasteiger partial charge in [0.15, 0.2) is 0 Å². The van der Waals surface area contributed by atoms with E-state index < -0.39 is 23.8 Å². The Morgan fingerprint density at radius 1 is 0.714 bits per heavy atom. The molecule has 4 aromatic rings. The number of aromatic amines is 2. The van der Waals surface area contributed by atoms with E-state index in [1.165, 1.54) is 0 Å². The summed E-state index contributed by atoms with van der Waals surface area (Å²) in [4.78, 5) is 29.9. The van der Waals surface area contributed by atoms with E-state index in [2.05, 4.69) is 9.97 Å². The number of carboxylic acid groups (broad SMARTS) is 2. The lowest BCUT2D eigenvalue weighted by atomic mass is 9.97. The molecule has 0 spiro atoms. The topological polar surface area (TPSA) is 106 Å². The highest BCUT2D eigenvalue weighted by Gasteiger charge is 2.17. The molecular formula is C29H30N2O4. The average molecular weight is 471 g/mol. The normalized spacial score (nSPS) is 13.7. The van der Waals surface area contributed by atoms with Gasteiger partial charge in [0.2, 0.25) is 0 Å². The molecule has 0 fully saturated rings. The van der Waals surface area contributed by atoms with Gasteiger partial charge >= 0.3 is 11.9 Å². The van der Waals surface area contributed by atoms with Gasteiger partial charge in [-0.2, -0.15) is 0 Å². The van der Waals surface area contributed by atoms with Crippen LogP contribution in [0, 0.1) is 11.8 Å². The van der Waals surface area contributed by atoms with Crippen molar-refractivity contribution in [2.24, 2.45) is 11.8 Å². The Balaban J connectivity index is 1.27. The zero-order valence-electron chi connectivity index (χ0n) is 19.5. The van der Waals surface area contributed by atoms with E-state index in [4.69, 9.17) is 0 Å². The Morgan fingerprint density at radius 2 is 1.14 bits per heavy atom. The van der Waals surface area contributed by atoms with Gasteiger partial charge in [-0.15, -0.1) is 0 Å². The summed E-state index contributed by atoms with van der Waals surface area (Å²) in [5.74, 6) is -2.85. The number of carbonyl (C=O) groups is 2. The Labute approximate surface area is 204 Å². The van der Waals surface area contributed by atoms with Gasteiger partial charge in [0, 0.05) is 34.2 Å². The molecule has 2 heterocycles. The van der Waals surface area contributed by atoms with Crippen molar-refractivity contribution in [1.29, 1.82) is 0 Å². The van der Waals surface area contributed by atoms with Crippen molar-refractivity contribution in [1.82, 2.24) is 9.97 Å². The molecule has 0 saturated heterocycles. The first kappa shape index (κ1) is 24.1. The molecule has 4 rings (SSSR count). The van der Waals surface area contributed by atoms with Crippen molar-refractivity contribution in [3.8, 4) is 0 Å². The second-order valence-corrected chi connectivity index (χ2v) is 8.80. The van der Waals surface area contributed by atoms with Gasteiger partial charge in [0.25, 0.3) is 0 Å². The van der Waals surface area contributed by atoms with Gasteiger partial charge in [0.05, 0.1) is 11.8 Å². The van der Waals surface area contributed by atoms with Crippen LogP contribution in [0.2, 0.25) is 0 Å². The number of allylic oxidation sites excluding steroid dienone is 2. The molecule has 0 amide bonds. The number of benzene rings is 2. The first-order valence-electron chi connectivity index (χ1n) is 11.9. The molecule has 35 heavy (non-hydrogen) atoms. The van der Waals surface area contributed by atoms with E-state index in [-0.39, 0.29) is 0 Å². The van der Waals surface area contributed by atoms with Crippen LogP contribution in [-0.2, 0) is 22.4 Å². The molecule has 2 unspecified atom stereocenters. The minimum absolute atomic E-state index is 0.434. The number of rotatable bonds is 12. The number of aromatic nitrogens is 2. The summed E-state index contributed by atoms with van der Waals surface area (Å²) in [5.41, 5.74) is 4.00. The summed E-state index contributed by atoms with van der Waals surface area (Å²) in [6.07, 6.45) is 14.3. The number of nitrogens with one attached hydrogen (secondary N) is 2. The highest BCUT2D eigenvalue weighted by atomic mass is 16.4. The smallest absolute Gasteiger partial charge is 0.310 e. The van der Waals surface area contributed by atoms with E-state index in [0.717, 1.165) is 52.2 Å². The number of para-hydroxylation sites is 2. The van der Waals surface area contributed by atoms with E-state index >= 15 is 0 Å². The fourth-order valence-corrected chi connectivity index (χ4v) is 4.42. The van der Waals surface area contributed by atoms with E-state index in [0.29, 0.717) is 12.8 Å². The number of H-pyrrole nitrogens is 2. The lowest BCUT2D eigenvalue weighted by Crippen LogP contribution is -2.13. The summed E-state index contributed by atoms with van der Waals surface area (Å²) >= 11 is 0. The average Bonchev–Trinajstić information content (AvgIpc) is 3.45. The first-order valence-corrected chi connectivity index (χ1v) is 11.9. The standard InChI is InChI=1S/C29H30N2O4/c32-28(33)20(16-22-18-30-26-14-8-6-12-24(22)26)10-4-2-1-3-5-11-21(29(34)35)17-23-19-31-27-15-9-7-13-25(23)27/h4-15,18-21,30-31H,1-3,16-17H2,(H,32,33)(H,34,35)/b10-4+,11-5+. The van der Waals surface area contributed by atoms with Crippen molar-refractivity contribution >= 4 is 33.7 Å². The van der Waals surface area contributed by atoms with Crippen LogP contribution >= 0.6 is 0 Å². The van der Waals surface area contributed by atoms with Gasteiger partial charge in [-0.1, -0.05) is 60.7 Å². The predicted molar refractivity (Wildman–Crippen MR) is 138 cm³/mol. The fraction of sp³-hybridized carbons (Fsp3) is 0.241. The summed E-state index contributed by atoms with van der Waals surface area (Å²) in [6, 6.07) is 15.8. The number of fused-ring (bicyclic) bond motifs is 2. The van der Waals surface area contributed by atoms with Gasteiger partial charge in [-0.05, 0) is 55.4 Å². The van der Waals surface area contributed by atoms with Crippen LogP contribution in [0.3, 0.4) is 0 Å². The molecule has 0 radical (unpaired) electrons. The molecular weight excluding hydrogens is 440 g/mol. The van der Waals surface area contributed by atoms with Crippen LogP contribution in [0.4, 0.5) is 0 Å². The quantitative estimate of drug-likeness (QED) is 0.148. The van der Waals surface area contributed by atoms with Crippen LogP contribution in [0.15, 0.2) is 85.2 Å². The summed E-state index contributed by atoms with van der Waals surface area (Å²) in [6.45, 7) is 0. The number of hydrogen-bond donors (Lipinski definition) is 4. The molecule has 0 aliphatic rings. The van der Waals surface area contributed by atoms with Crippen LogP contribution in [-0.4, -0.2) is 32.1 Å². The van der Waals surface area contributed by atoms with Crippen molar-refractivity contribution in [3.05, 3.63) is 96.4 Å². The lowest BCUT2D eigenvalue weighted by Gasteiger charge is -2.07. The number of carboxylic acids is 2. The van der Waals surface area contributed by atoms with Gasteiger partial charge in [0.1, 0.15) is 0 Å². The third-order valence-electron chi connectivity index (χ3n) is 6.34. The molecule has 0 aliphatic carbocycles. The molecule has 4 N–H and O–H groups in total. The molecule has 180 valence electrons. The third-order valence-corrected chi connectivity index (χ3v) is 6.34. The number of hydrogen-bond acceptors (Lipinski definition) is 2. The predicted octanol–water partition coefficient (Wildman–Crippen LogP) is 6.12. The Bertz CT molecular complexity index is 1260. The maximum absolute atomic E-state index is 11.7. The van der Waals surface area contributed by atoms with Gasteiger partial charge in [-0.25, -0.2) is 0 Å². The zero-order chi connectivity index (χ0) is 24.6. The Hall–Kier alpha value is -4.06. The summed E-state index contributed by atoms with van der Waals surface area (Å²) in [7, 11) is 0. The van der Waals surface area contributed by atoms with Crippen LogP contribution in [0.1, 0.15) is 30.4 Å². The maximum atomic E-state index is 11.7. The number of unbranched alkanes of at least 4 members (excludes halogenated alkanes) is 2. The van der Waals surface area contributed by atoms with E-state index in [1.54, 1.807) is 12.2 Å². The molecule has 2 aromatic carbocycles. The highest BCUT2D eigenvalue weighted by molar-refractivity contribution is 5.85. The fourth-order valence-electron chi connectivity index (χ4n) is 4.42. The van der Waals surface area contributed by atoms with Crippen molar-refractivity contribution < 1.29 is 19.8 Å². The Morgan fingerprint density at radius 3 is 1.57 bits per heavy atom. The molecule has 0 saturated carbocycles. The summed E-state index contributed by atoms with van der Waals surface area (Å²) < 4.78 is 0. The zero-order valence-corrected chi connectivity index (χ0v) is 19.5. The second-order valence-electron chi connectivity index (χ2n) is 8.80. The van der Waals surface area contributed by atoms with E-state index in [9.17, 15) is 19.8 Å². The second kappa shape index (κ2) is 11.4. The van der Waals surface area contributed by atoms with Gasteiger partial charge in [-0.3, -0.25) is 9.59 Å². The molecule has 6 nitrogen and oxygen atoms in total. The van der Waals surface area contributed by atoms with Crippen LogP contribution in [0.25, 0.3) is 21.8 Å². The highest BCUT2D eigenvalue weighted by Crippen LogP contribution is 2.23. The third kappa shape index (κ3) is 6.09. The van der Waals surface area contributed by atoms with Crippen LogP contribution < -0.4 is 0 Å². The minimum atomic E-state index is -0.840. The molecule has 6 heteroatoms. The van der Waals surface area contributed by atoms with Crippen molar-refractivity contribution in [2.75, 3.05) is 0 Å². The maximum Gasteiger partial charge on any atom is 0.310 e. The SMILES string of the molecule is O=C(O)C(/C=C/CCC/C=C/C(Cc1c[nH]c2ccccc12)C(=O)O)Cc1c[nH]c2ccccc12. The monoisotopic (exact) mass is 470 g/mol. The molecule has 0 bridgehead atoms. The molecule has 2 atom stereocenters. The molecule has 2 aromatic heterocycles. The van der Waals surface area contributed by atoms with Crippen LogP contribution in [0.5, 0.6) is 0 Å². The largest absolute Gasteiger partial charge is 0.481 e. The lowest BCUT2D eigenvalue weighted by molar-refractivity contribution is -0.141. The number of aliphatic carboxylic acids is 2. The first-order chi connectivity index (χ1) is 17.0. The minimum Gasteiger partial charge on any atom is -0.481 e. The van der Waals surface area contributed by atoms with Gasteiger partial charge < -0.3 is 20.2 Å². The summed E-state index contributed by atoms with van der Waals surface area (Å²) in [5, 5.41) is 21.4. The van der Waals surface area contributed by atoms with Crippen molar-refractivity contribution in [3.63, 3.8) is 0 Å².